The summed E-state index contributed by atoms with van der Waals surface area (Å²) in [4.78, 5) is 0. The van der Waals surface area contributed by atoms with Gasteiger partial charge in [-0.05, 0) is 61.8 Å². The lowest BCUT2D eigenvalue weighted by atomic mass is 9.72. The molecule has 0 aromatic heterocycles. The number of nitrogens with one attached hydrogen (secondary N) is 1. The van der Waals surface area contributed by atoms with Crippen molar-refractivity contribution in [3.05, 3.63) is 28.7 Å². The summed E-state index contributed by atoms with van der Waals surface area (Å²) in [6.45, 7) is 4.52. The molecule has 1 fully saturated rings. The molecular weight excluding hydrogens is 300 g/mol. The molecule has 1 aromatic rings. The van der Waals surface area contributed by atoms with Crippen LogP contribution in [0.25, 0.3) is 0 Å². The molecule has 1 N–H and O–H groups in total. The first-order valence-corrected chi connectivity index (χ1v) is 7.79. The Morgan fingerprint density at radius 3 is 2.63 bits per heavy atom. The van der Waals surface area contributed by atoms with Crippen molar-refractivity contribution in [3.8, 4) is 6.07 Å². The predicted octanol–water partition coefficient (Wildman–Crippen LogP) is 4.97. The summed E-state index contributed by atoms with van der Waals surface area (Å²) in [6.07, 6.45) is 4.29. The third kappa shape index (κ3) is 3.51. The van der Waals surface area contributed by atoms with Gasteiger partial charge < -0.3 is 5.32 Å². The fraction of sp³-hybridized carbons (Fsp3) is 0.562. The Bertz CT molecular complexity index is 461. The third-order valence-corrected chi connectivity index (χ3v) is 4.70. The Labute approximate surface area is 124 Å². The van der Waals surface area contributed by atoms with Crippen LogP contribution in [0.3, 0.4) is 0 Å². The zero-order valence-electron chi connectivity index (χ0n) is 11.6. The lowest BCUT2D eigenvalue weighted by Gasteiger charge is -2.38. The van der Waals surface area contributed by atoms with Crippen LogP contribution in [-0.4, -0.2) is 5.54 Å². The van der Waals surface area contributed by atoms with Gasteiger partial charge in [-0.3, -0.25) is 0 Å². The average Bonchev–Trinajstić information content (AvgIpc) is 2.42. The van der Waals surface area contributed by atoms with E-state index in [9.17, 15) is 5.26 Å². The number of rotatable bonds is 3. The summed E-state index contributed by atoms with van der Waals surface area (Å²) in [7, 11) is 0. The molecule has 0 spiro atoms. The smallest absolute Gasteiger partial charge is 0.125 e. The van der Waals surface area contributed by atoms with Crippen LogP contribution in [0.4, 0.5) is 5.69 Å². The molecular formula is C16H21BrN2. The van der Waals surface area contributed by atoms with Crippen molar-refractivity contribution in [1.29, 1.82) is 5.26 Å². The standard InChI is InChI=1S/C16H21BrN2/c1-12(2)13-4-3-9-16(10-13,11-18)19-15-7-5-14(17)6-8-15/h5-8,12-13,19H,3-4,9-10H2,1-2H3. The second-order valence-electron chi connectivity index (χ2n) is 5.93. The molecule has 1 saturated carbocycles. The van der Waals surface area contributed by atoms with Crippen molar-refractivity contribution in [1.82, 2.24) is 0 Å². The van der Waals surface area contributed by atoms with Gasteiger partial charge >= 0.3 is 0 Å². The van der Waals surface area contributed by atoms with E-state index in [-0.39, 0.29) is 5.54 Å². The molecule has 0 radical (unpaired) electrons. The van der Waals surface area contributed by atoms with Gasteiger partial charge in [-0.15, -0.1) is 0 Å². The second kappa shape index (κ2) is 5.96. The Morgan fingerprint density at radius 1 is 1.37 bits per heavy atom. The zero-order valence-corrected chi connectivity index (χ0v) is 13.2. The van der Waals surface area contributed by atoms with Crippen LogP contribution in [-0.2, 0) is 0 Å². The maximum Gasteiger partial charge on any atom is 0.125 e. The van der Waals surface area contributed by atoms with Gasteiger partial charge in [0.2, 0.25) is 0 Å². The molecule has 0 amide bonds. The van der Waals surface area contributed by atoms with E-state index in [0.717, 1.165) is 29.4 Å². The van der Waals surface area contributed by atoms with Gasteiger partial charge in [-0.2, -0.15) is 5.26 Å². The van der Waals surface area contributed by atoms with Crippen LogP contribution in [0.2, 0.25) is 0 Å². The van der Waals surface area contributed by atoms with Gasteiger partial charge in [0, 0.05) is 10.2 Å². The van der Waals surface area contributed by atoms with Gasteiger partial charge in [0.1, 0.15) is 5.54 Å². The van der Waals surface area contributed by atoms with Crippen LogP contribution in [0.15, 0.2) is 28.7 Å². The highest BCUT2D eigenvalue weighted by Gasteiger charge is 2.37. The molecule has 2 rings (SSSR count). The molecule has 3 heteroatoms. The summed E-state index contributed by atoms with van der Waals surface area (Å²) < 4.78 is 1.06. The minimum atomic E-state index is -0.388. The first-order chi connectivity index (χ1) is 9.04. The van der Waals surface area contributed by atoms with Crippen molar-refractivity contribution in [2.45, 2.75) is 45.1 Å². The minimum absolute atomic E-state index is 0.388. The Balaban J connectivity index is 2.14. The Morgan fingerprint density at radius 2 is 2.05 bits per heavy atom. The highest BCUT2D eigenvalue weighted by atomic mass is 79.9. The molecule has 0 heterocycles. The van der Waals surface area contributed by atoms with E-state index in [1.807, 2.05) is 24.3 Å². The number of halogens is 1. The topological polar surface area (TPSA) is 35.8 Å². The molecule has 19 heavy (non-hydrogen) atoms. The normalized spacial score (nSPS) is 27.0. The number of benzene rings is 1. The third-order valence-electron chi connectivity index (χ3n) is 4.17. The molecule has 1 aliphatic rings. The van der Waals surface area contributed by atoms with E-state index in [1.54, 1.807) is 0 Å². The lowest BCUT2D eigenvalue weighted by Crippen LogP contribution is -2.42. The van der Waals surface area contributed by atoms with Gasteiger partial charge in [-0.1, -0.05) is 29.8 Å². The maximum atomic E-state index is 9.64. The van der Waals surface area contributed by atoms with Crippen molar-refractivity contribution >= 4 is 21.6 Å². The quantitative estimate of drug-likeness (QED) is 0.853. The van der Waals surface area contributed by atoms with E-state index >= 15 is 0 Å². The van der Waals surface area contributed by atoms with E-state index < -0.39 is 0 Å². The molecule has 0 aliphatic heterocycles. The highest BCUT2D eigenvalue weighted by molar-refractivity contribution is 9.10. The van der Waals surface area contributed by atoms with Crippen molar-refractivity contribution in [2.75, 3.05) is 5.32 Å². The van der Waals surface area contributed by atoms with Crippen molar-refractivity contribution < 1.29 is 0 Å². The largest absolute Gasteiger partial charge is 0.367 e. The maximum absolute atomic E-state index is 9.64. The number of anilines is 1. The van der Waals surface area contributed by atoms with E-state index in [1.165, 1.54) is 6.42 Å². The Hall–Kier alpha value is -1.01. The number of hydrogen-bond donors (Lipinski definition) is 1. The predicted molar refractivity (Wildman–Crippen MR) is 82.9 cm³/mol. The fourth-order valence-corrected chi connectivity index (χ4v) is 3.20. The SMILES string of the molecule is CC(C)C1CCCC(C#N)(Nc2ccc(Br)cc2)C1. The minimum Gasteiger partial charge on any atom is -0.367 e. The molecule has 2 nitrogen and oxygen atoms in total. The Kier molecular flexibility index (Phi) is 4.52. The second-order valence-corrected chi connectivity index (χ2v) is 6.84. The van der Waals surface area contributed by atoms with Crippen LogP contribution >= 0.6 is 15.9 Å². The van der Waals surface area contributed by atoms with Crippen molar-refractivity contribution in [2.24, 2.45) is 11.8 Å². The number of nitrogens with zero attached hydrogens (tertiary/aromatic N) is 1. The summed E-state index contributed by atoms with van der Waals surface area (Å²) in [5.74, 6) is 1.30. The first-order valence-electron chi connectivity index (χ1n) is 7.00. The summed E-state index contributed by atoms with van der Waals surface area (Å²) in [6, 6.07) is 10.6. The summed E-state index contributed by atoms with van der Waals surface area (Å²) in [5.41, 5.74) is 0.648. The molecule has 102 valence electrons. The highest BCUT2D eigenvalue weighted by Crippen LogP contribution is 2.38. The first kappa shape index (κ1) is 14.4. The van der Waals surface area contributed by atoms with Gasteiger partial charge in [0.25, 0.3) is 0 Å². The van der Waals surface area contributed by atoms with Gasteiger partial charge in [0.15, 0.2) is 0 Å². The summed E-state index contributed by atoms with van der Waals surface area (Å²) >= 11 is 3.44. The van der Waals surface area contributed by atoms with Crippen LogP contribution in [0.1, 0.15) is 39.5 Å². The number of hydrogen-bond acceptors (Lipinski definition) is 2. The van der Waals surface area contributed by atoms with E-state index in [2.05, 4.69) is 41.2 Å². The number of nitriles is 1. The van der Waals surface area contributed by atoms with Crippen LogP contribution in [0.5, 0.6) is 0 Å². The molecule has 2 atom stereocenters. The van der Waals surface area contributed by atoms with E-state index in [0.29, 0.717) is 11.8 Å². The molecule has 0 saturated heterocycles. The zero-order chi connectivity index (χ0) is 13.9. The molecule has 2 unspecified atom stereocenters. The molecule has 0 bridgehead atoms. The van der Waals surface area contributed by atoms with Crippen LogP contribution < -0.4 is 5.32 Å². The molecule has 1 aliphatic carbocycles. The monoisotopic (exact) mass is 320 g/mol. The van der Waals surface area contributed by atoms with Gasteiger partial charge in [0.05, 0.1) is 6.07 Å². The lowest BCUT2D eigenvalue weighted by molar-refractivity contribution is 0.232. The fourth-order valence-electron chi connectivity index (χ4n) is 2.94. The average molecular weight is 321 g/mol. The van der Waals surface area contributed by atoms with E-state index in [4.69, 9.17) is 0 Å². The van der Waals surface area contributed by atoms with Crippen LogP contribution in [0, 0.1) is 23.2 Å². The van der Waals surface area contributed by atoms with Gasteiger partial charge in [-0.25, -0.2) is 0 Å². The molecule has 1 aromatic carbocycles. The summed E-state index contributed by atoms with van der Waals surface area (Å²) in [5, 5.41) is 13.1. The van der Waals surface area contributed by atoms with Crippen molar-refractivity contribution in [3.63, 3.8) is 0 Å².